The first-order valence-corrected chi connectivity index (χ1v) is 5.89. The summed E-state index contributed by atoms with van der Waals surface area (Å²) >= 11 is 0. The lowest BCUT2D eigenvalue weighted by atomic mass is 10.2. The average Bonchev–Trinajstić information content (AvgIpc) is 2.40. The molecule has 0 aliphatic carbocycles. The number of pyridine rings is 1. The molecule has 0 saturated carbocycles. The predicted molar refractivity (Wildman–Crippen MR) is 64.2 cm³/mol. The molecule has 5 heteroatoms. The van der Waals surface area contributed by atoms with Crippen molar-refractivity contribution in [2.24, 2.45) is 0 Å². The number of rotatable bonds is 3. The van der Waals surface area contributed by atoms with Crippen LogP contribution >= 0.6 is 0 Å². The molecule has 1 saturated heterocycles. The minimum absolute atomic E-state index is 0.0283. The van der Waals surface area contributed by atoms with E-state index < -0.39 is 0 Å². The number of piperazine rings is 1. The van der Waals surface area contributed by atoms with Crippen LogP contribution in [-0.2, 0) is 0 Å². The van der Waals surface area contributed by atoms with Gasteiger partial charge >= 0.3 is 0 Å². The van der Waals surface area contributed by atoms with Gasteiger partial charge in [0.25, 0.3) is 5.91 Å². The Morgan fingerprint density at radius 2 is 2.24 bits per heavy atom. The second-order valence-electron chi connectivity index (χ2n) is 3.88. The predicted octanol–water partition coefficient (Wildman–Crippen LogP) is 0.526. The van der Waals surface area contributed by atoms with Gasteiger partial charge in [0.15, 0.2) is 0 Å². The number of hydrogen-bond acceptors (Lipinski definition) is 4. The van der Waals surface area contributed by atoms with Crippen molar-refractivity contribution in [3.63, 3.8) is 0 Å². The molecule has 0 spiro atoms. The van der Waals surface area contributed by atoms with Crippen molar-refractivity contribution in [3.05, 3.63) is 24.0 Å². The standard InChI is InChI=1S/C12H17N3O2/c1-2-17-11-7-10(8-14-9-11)12(16)15-5-3-13-4-6-15/h7-9,13H,2-6H2,1H3. The Hall–Kier alpha value is -1.62. The molecule has 1 aliphatic heterocycles. The third kappa shape index (κ3) is 2.94. The molecular formula is C12H17N3O2. The number of aromatic nitrogens is 1. The summed E-state index contributed by atoms with van der Waals surface area (Å²) in [6.07, 6.45) is 3.21. The van der Waals surface area contributed by atoms with Crippen LogP contribution in [0, 0.1) is 0 Å². The van der Waals surface area contributed by atoms with Gasteiger partial charge in [-0.2, -0.15) is 0 Å². The zero-order valence-corrected chi connectivity index (χ0v) is 9.98. The highest BCUT2D eigenvalue weighted by Crippen LogP contribution is 2.13. The monoisotopic (exact) mass is 235 g/mol. The summed E-state index contributed by atoms with van der Waals surface area (Å²) in [5.41, 5.74) is 0.595. The number of ether oxygens (including phenoxy) is 1. The highest BCUT2D eigenvalue weighted by molar-refractivity contribution is 5.94. The molecule has 0 aromatic carbocycles. The van der Waals surface area contributed by atoms with Crippen LogP contribution in [0.5, 0.6) is 5.75 Å². The third-order valence-corrected chi connectivity index (χ3v) is 2.68. The van der Waals surface area contributed by atoms with E-state index in [4.69, 9.17) is 4.74 Å². The summed E-state index contributed by atoms with van der Waals surface area (Å²) in [7, 11) is 0. The minimum atomic E-state index is 0.0283. The van der Waals surface area contributed by atoms with Crippen LogP contribution in [0.4, 0.5) is 0 Å². The van der Waals surface area contributed by atoms with Gasteiger partial charge in [-0.05, 0) is 13.0 Å². The summed E-state index contributed by atoms with van der Waals surface area (Å²) < 4.78 is 5.34. The largest absolute Gasteiger partial charge is 0.492 e. The molecule has 0 radical (unpaired) electrons. The number of nitrogens with zero attached hydrogens (tertiary/aromatic N) is 2. The molecular weight excluding hydrogens is 218 g/mol. The van der Waals surface area contributed by atoms with Crippen LogP contribution in [-0.4, -0.2) is 48.6 Å². The molecule has 2 rings (SSSR count). The smallest absolute Gasteiger partial charge is 0.255 e. The third-order valence-electron chi connectivity index (χ3n) is 2.68. The number of carbonyl (C=O) groups is 1. The van der Waals surface area contributed by atoms with Crippen molar-refractivity contribution in [1.29, 1.82) is 0 Å². The van der Waals surface area contributed by atoms with Gasteiger partial charge in [-0.3, -0.25) is 9.78 Å². The van der Waals surface area contributed by atoms with E-state index in [1.165, 1.54) is 0 Å². The summed E-state index contributed by atoms with van der Waals surface area (Å²) in [6.45, 7) is 5.68. The lowest BCUT2D eigenvalue weighted by molar-refractivity contribution is 0.0735. The number of hydrogen-bond donors (Lipinski definition) is 1. The fraction of sp³-hybridized carbons (Fsp3) is 0.500. The van der Waals surface area contributed by atoms with Crippen LogP contribution in [0.3, 0.4) is 0 Å². The molecule has 17 heavy (non-hydrogen) atoms. The number of amides is 1. The Morgan fingerprint density at radius 1 is 1.47 bits per heavy atom. The van der Waals surface area contributed by atoms with Gasteiger partial charge in [0.05, 0.1) is 18.4 Å². The van der Waals surface area contributed by atoms with E-state index in [-0.39, 0.29) is 5.91 Å². The topological polar surface area (TPSA) is 54.5 Å². The Morgan fingerprint density at radius 3 is 2.94 bits per heavy atom. The number of nitrogens with one attached hydrogen (secondary N) is 1. The number of carbonyl (C=O) groups excluding carboxylic acids is 1. The Kier molecular flexibility index (Phi) is 3.93. The van der Waals surface area contributed by atoms with E-state index in [1.807, 2.05) is 11.8 Å². The van der Waals surface area contributed by atoms with Crippen molar-refractivity contribution < 1.29 is 9.53 Å². The fourth-order valence-corrected chi connectivity index (χ4v) is 1.83. The molecule has 1 fully saturated rings. The summed E-state index contributed by atoms with van der Waals surface area (Å²) in [4.78, 5) is 18.0. The molecule has 1 aliphatic rings. The molecule has 1 aromatic heterocycles. The van der Waals surface area contributed by atoms with Crippen LogP contribution in [0.2, 0.25) is 0 Å². The van der Waals surface area contributed by atoms with Crippen molar-refractivity contribution in [1.82, 2.24) is 15.2 Å². The van der Waals surface area contributed by atoms with E-state index in [0.717, 1.165) is 26.2 Å². The van der Waals surface area contributed by atoms with Crippen molar-refractivity contribution in [2.75, 3.05) is 32.8 Å². The average molecular weight is 235 g/mol. The lowest BCUT2D eigenvalue weighted by Gasteiger charge is -2.27. The van der Waals surface area contributed by atoms with Gasteiger partial charge in [-0.15, -0.1) is 0 Å². The van der Waals surface area contributed by atoms with Crippen molar-refractivity contribution in [3.8, 4) is 5.75 Å². The molecule has 1 amide bonds. The van der Waals surface area contributed by atoms with Crippen LogP contribution in [0.1, 0.15) is 17.3 Å². The van der Waals surface area contributed by atoms with Gasteiger partial charge in [0.2, 0.25) is 0 Å². The van der Waals surface area contributed by atoms with E-state index in [0.29, 0.717) is 17.9 Å². The van der Waals surface area contributed by atoms with Crippen LogP contribution < -0.4 is 10.1 Å². The van der Waals surface area contributed by atoms with E-state index in [9.17, 15) is 4.79 Å². The van der Waals surface area contributed by atoms with E-state index >= 15 is 0 Å². The summed E-state index contributed by atoms with van der Waals surface area (Å²) in [5.74, 6) is 0.675. The fourth-order valence-electron chi connectivity index (χ4n) is 1.83. The maximum absolute atomic E-state index is 12.2. The Balaban J connectivity index is 2.09. The van der Waals surface area contributed by atoms with Gasteiger partial charge in [0.1, 0.15) is 5.75 Å². The van der Waals surface area contributed by atoms with Gasteiger partial charge in [-0.1, -0.05) is 0 Å². The second kappa shape index (κ2) is 5.63. The van der Waals surface area contributed by atoms with Gasteiger partial charge < -0.3 is 15.0 Å². The first-order valence-electron chi connectivity index (χ1n) is 5.89. The second-order valence-corrected chi connectivity index (χ2v) is 3.88. The van der Waals surface area contributed by atoms with E-state index in [1.54, 1.807) is 18.5 Å². The Bertz CT molecular complexity index is 389. The SMILES string of the molecule is CCOc1cncc(C(=O)N2CCNCC2)c1. The van der Waals surface area contributed by atoms with E-state index in [2.05, 4.69) is 10.3 Å². The molecule has 0 atom stereocenters. The minimum Gasteiger partial charge on any atom is -0.492 e. The highest BCUT2D eigenvalue weighted by Gasteiger charge is 2.18. The van der Waals surface area contributed by atoms with Crippen molar-refractivity contribution in [2.45, 2.75) is 6.92 Å². The zero-order chi connectivity index (χ0) is 12.1. The van der Waals surface area contributed by atoms with Gasteiger partial charge in [0, 0.05) is 32.4 Å². The van der Waals surface area contributed by atoms with Crippen LogP contribution in [0.25, 0.3) is 0 Å². The molecule has 0 unspecified atom stereocenters. The summed E-state index contributed by atoms with van der Waals surface area (Å²) in [5, 5.41) is 3.22. The lowest BCUT2D eigenvalue weighted by Crippen LogP contribution is -2.46. The molecule has 1 N–H and O–H groups in total. The zero-order valence-electron chi connectivity index (χ0n) is 9.98. The first kappa shape index (κ1) is 11.9. The maximum atomic E-state index is 12.2. The summed E-state index contributed by atoms with van der Waals surface area (Å²) in [6, 6.07) is 1.75. The molecule has 0 bridgehead atoms. The molecule has 2 heterocycles. The molecule has 1 aromatic rings. The quantitative estimate of drug-likeness (QED) is 0.830. The van der Waals surface area contributed by atoms with Gasteiger partial charge in [-0.25, -0.2) is 0 Å². The molecule has 92 valence electrons. The molecule has 5 nitrogen and oxygen atoms in total. The normalized spacial score (nSPS) is 15.7. The van der Waals surface area contributed by atoms with Crippen molar-refractivity contribution >= 4 is 5.91 Å². The van der Waals surface area contributed by atoms with Crippen LogP contribution in [0.15, 0.2) is 18.5 Å². The maximum Gasteiger partial charge on any atom is 0.255 e. The Labute approximate surface area is 101 Å². The highest BCUT2D eigenvalue weighted by atomic mass is 16.5. The first-order chi connectivity index (χ1) is 8.31.